The summed E-state index contributed by atoms with van der Waals surface area (Å²) in [5, 5.41) is 28.7. The van der Waals surface area contributed by atoms with Gasteiger partial charge in [0, 0.05) is 11.8 Å². The molecule has 1 rings (SSSR count). The van der Waals surface area contributed by atoms with E-state index in [0.717, 1.165) is 6.07 Å². The first kappa shape index (κ1) is 10.8. The van der Waals surface area contributed by atoms with Gasteiger partial charge in [-0.2, -0.15) is 0 Å². The summed E-state index contributed by atoms with van der Waals surface area (Å²) in [5.74, 6) is -2.69. The van der Waals surface area contributed by atoms with Gasteiger partial charge in [-0.15, -0.1) is 0 Å². The zero-order valence-corrected chi connectivity index (χ0v) is 7.60. The van der Waals surface area contributed by atoms with Crippen LogP contribution in [-0.4, -0.2) is 33.8 Å². The highest BCUT2D eigenvalue weighted by Crippen LogP contribution is 2.21. The molecule has 0 bridgehead atoms. The normalized spacial score (nSPS) is 9.60. The van der Waals surface area contributed by atoms with Crippen LogP contribution in [0.1, 0.15) is 10.4 Å². The van der Waals surface area contributed by atoms with Crippen LogP contribution in [0.25, 0.3) is 0 Å². The predicted octanol–water partition coefficient (Wildman–Crippen LogP) is 0.587. The number of carboxylic acid groups (broad SMARTS) is 2. The van der Waals surface area contributed by atoms with Crippen molar-refractivity contribution in [2.45, 2.75) is 0 Å². The number of carbonyl (C=O) groups is 2. The summed E-state index contributed by atoms with van der Waals surface area (Å²) in [4.78, 5) is 20.7. The molecule has 0 aromatic heterocycles. The molecule has 0 aliphatic carbocycles. The van der Waals surface area contributed by atoms with Crippen molar-refractivity contribution in [1.29, 1.82) is 0 Å². The standard InChI is InChI=1S/C9H9NO5/c11-7-3-5(10-4-8(12)13)1-2-6(7)9(14)15/h1-3,10-11H,4H2,(H,12,13)(H,14,15). The molecule has 0 aliphatic heterocycles. The number of hydrogen-bond donors (Lipinski definition) is 4. The third-order valence-corrected chi connectivity index (χ3v) is 1.67. The van der Waals surface area contributed by atoms with Gasteiger partial charge in [0.05, 0.1) is 0 Å². The molecule has 4 N–H and O–H groups in total. The Labute approximate surface area is 84.8 Å². The Bertz CT molecular complexity index is 401. The van der Waals surface area contributed by atoms with Gasteiger partial charge in [0.1, 0.15) is 17.9 Å². The van der Waals surface area contributed by atoms with Gasteiger partial charge in [-0.3, -0.25) is 4.79 Å². The first-order valence-electron chi connectivity index (χ1n) is 4.02. The Morgan fingerprint density at radius 2 is 1.93 bits per heavy atom. The van der Waals surface area contributed by atoms with E-state index in [9.17, 15) is 14.7 Å². The predicted molar refractivity (Wildman–Crippen MR) is 51.2 cm³/mol. The van der Waals surface area contributed by atoms with Crippen molar-refractivity contribution in [2.75, 3.05) is 11.9 Å². The number of anilines is 1. The van der Waals surface area contributed by atoms with Crippen LogP contribution >= 0.6 is 0 Å². The molecule has 6 nitrogen and oxygen atoms in total. The van der Waals surface area contributed by atoms with Crippen LogP contribution in [0.5, 0.6) is 5.75 Å². The van der Waals surface area contributed by atoms with Crippen molar-refractivity contribution in [3.63, 3.8) is 0 Å². The summed E-state index contributed by atoms with van der Waals surface area (Å²) in [6.07, 6.45) is 0. The number of aliphatic carboxylic acids is 1. The quantitative estimate of drug-likeness (QED) is 0.580. The van der Waals surface area contributed by atoms with Gasteiger partial charge in [-0.05, 0) is 12.1 Å². The first-order valence-corrected chi connectivity index (χ1v) is 4.02. The highest BCUT2D eigenvalue weighted by molar-refractivity contribution is 5.91. The van der Waals surface area contributed by atoms with Crippen molar-refractivity contribution < 1.29 is 24.9 Å². The minimum Gasteiger partial charge on any atom is -0.507 e. The third kappa shape index (κ3) is 2.87. The number of carboxylic acids is 2. The van der Waals surface area contributed by atoms with Crippen LogP contribution in [0.4, 0.5) is 5.69 Å². The monoisotopic (exact) mass is 211 g/mol. The van der Waals surface area contributed by atoms with Crippen molar-refractivity contribution in [3.05, 3.63) is 23.8 Å². The van der Waals surface area contributed by atoms with Gasteiger partial charge in [0.2, 0.25) is 0 Å². The maximum Gasteiger partial charge on any atom is 0.339 e. The molecule has 0 radical (unpaired) electrons. The Balaban J connectivity index is 2.82. The van der Waals surface area contributed by atoms with E-state index in [0.29, 0.717) is 5.69 Å². The molecule has 15 heavy (non-hydrogen) atoms. The molecular weight excluding hydrogens is 202 g/mol. The molecule has 0 aliphatic rings. The highest BCUT2D eigenvalue weighted by atomic mass is 16.4. The number of aromatic carboxylic acids is 1. The smallest absolute Gasteiger partial charge is 0.339 e. The summed E-state index contributed by atoms with van der Waals surface area (Å²) in [6.45, 7) is -0.300. The Hall–Kier alpha value is -2.24. The average Bonchev–Trinajstić information content (AvgIpc) is 2.14. The number of nitrogens with one attached hydrogen (secondary N) is 1. The molecule has 6 heteroatoms. The minimum absolute atomic E-state index is 0.226. The summed E-state index contributed by atoms with van der Waals surface area (Å²) < 4.78 is 0. The largest absolute Gasteiger partial charge is 0.507 e. The maximum atomic E-state index is 10.5. The van der Waals surface area contributed by atoms with E-state index < -0.39 is 17.7 Å². The minimum atomic E-state index is -1.24. The lowest BCUT2D eigenvalue weighted by atomic mass is 10.2. The van der Waals surface area contributed by atoms with Crippen LogP contribution in [0.15, 0.2) is 18.2 Å². The molecule has 0 saturated carbocycles. The van der Waals surface area contributed by atoms with E-state index in [2.05, 4.69) is 5.32 Å². The van der Waals surface area contributed by atoms with Gasteiger partial charge in [0.15, 0.2) is 0 Å². The summed E-state index contributed by atoms with van der Waals surface area (Å²) in [6, 6.07) is 3.74. The van der Waals surface area contributed by atoms with E-state index in [1.807, 2.05) is 0 Å². The molecular formula is C9H9NO5. The fourth-order valence-corrected chi connectivity index (χ4v) is 1.00. The second kappa shape index (κ2) is 4.32. The van der Waals surface area contributed by atoms with E-state index in [1.54, 1.807) is 0 Å². The Kier molecular flexibility index (Phi) is 3.12. The van der Waals surface area contributed by atoms with Crippen molar-refractivity contribution in [2.24, 2.45) is 0 Å². The van der Waals surface area contributed by atoms with Crippen LogP contribution < -0.4 is 5.32 Å². The van der Waals surface area contributed by atoms with Crippen LogP contribution in [0, 0.1) is 0 Å². The molecule has 1 aromatic carbocycles. The molecule has 0 spiro atoms. The van der Waals surface area contributed by atoms with Gasteiger partial charge in [-0.1, -0.05) is 0 Å². The zero-order valence-electron chi connectivity index (χ0n) is 7.60. The maximum absolute atomic E-state index is 10.5. The number of hydrogen-bond acceptors (Lipinski definition) is 4. The lowest BCUT2D eigenvalue weighted by molar-refractivity contribution is -0.134. The van der Waals surface area contributed by atoms with Gasteiger partial charge < -0.3 is 20.6 Å². The fourth-order valence-electron chi connectivity index (χ4n) is 1.00. The van der Waals surface area contributed by atoms with E-state index in [1.165, 1.54) is 12.1 Å². The van der Waals surface area contributed by atoms with Crippen molar-refractivity contribution >= 4 is 17.6 Å². The third-order valence-electron chi connectivity index (χ3n) is 1.67. The topological polar surface area (TPSA) is 107 Å². The molecule has 0 heterocycles. The van der Waals surface area contributed by atoms with Gasteiger partial charge in [0.25, 0.3) is 0 Å². The molecule has 80 valence electrons. The zero-order chi connectivity index (χ0) is 11.4. The SMILES string of the molecule is O=C(O)CNc1ccc(C(=O)O)c(O)c1. The van der Waals surface area contributed by atoms with E-state index >= 15 is 0 Å². The lowest BCUT2D eigenvalue weighted by Gasteiger charge is -2.05. The van der Waals surface area contributed by atoms with Crippen molar-refractivity contribution in [3.8, 4) is 5.75 Å². The molecule has 0 amide bonds. The number of rotatable bonds is 4. The Morgan fingerprint density at radius 1 is 1.27 bits per heavy atom. The lowest BCUT2D eigenvalue weighted by Crippen LogP contribution is -2.12. The van der Waals surface area contributed by atoms with Gasteiger partial charge >= 0.3 is 11.9 Å². The number of phenols is 1. The molecule has 0 atom stereocenters. The summed E-state index contributed by atoms with van der Waals surface area (Å²) >= 11 is 0. The Morgan fingerprint density at radius 3 is 2.40 bits per heavy atom. The van der Waals surface area contributed by atoms with Crippen LogP contribution in [0.2, 0.25) is 0 Å². The number of aromatic hydroxyl groups is 1. The summed E-state index contributed by atoms with van der Waals surface area (Å²) in [7, 11) is 0. The van der Waals surface area contributed by atoms with Crippen LogP contribution in [-0.2, 0) is 4.79 Å². The van der Waals surface area contributed by atoms with E-state index in [-0.39, 0.29) is 12.1 Å². The highest BCUT2D eigenvalue weighted by Gasteiger charge is 2.09. The summed E-state index contributed by atoms with van der Waals surface area (Å²) in [5.41, 5.74) is 0.121. The van der Waals surface area contributed by atoms with E-state index in [4.69, 9.17) is 10.2 Å². The molecule has 0 saturated heterocycles. The fraction of sp³-hybridized carbons (Fsp3) is 0.111. The number of benzene rings is 1. The molecule has 0 fully saturated rings. The van der Waals surface area contributed by atoms with Crippen LogP contribution in [0.3, 0.4) is 0 Å². The average molecular weight is 211 g/mol. The van der Waals surface area contributed by atoms with Crippen molar-refractivity contribution in [1.82, 2.24) is 0 Å². The second-order valence-electron chi connectivity index (χ2n) is 2.78. The molecule has 0 unspecified atom stereocenters. The first-order chi connectivity index (χ1) is 7.00. The molecule has 1 aromatic rings. The van der Waals surface area contributed by atoms with Gasteiger partial charge in [-0.25, -0.2) is 4.79 Å². The second-order valence-corrected chi connectivity index (χ2v) is 2.78.